The van der Waals surface area contributed by atoms with Crippen LogP contribution in [0.15, 0.2) is 29.3 Å². The number of guanidine groups is 1. The zero-order valence-electron chi connectivity index (χ0n) is 19.1. The van der Waals surface area contributed by atoms with Crippen molar-refractivity contribution in [3.63, 3.8) is 0 Å². The van der Waals surface area contributed by atoms with Crippen molar-refractivity contribution in [1.29, 1.82) is 0 Å². The SMILES string of the molecule is CCNC(=NCc1cccc(NC(=O)C(C)CC)c1)N1CCC(C(=O)OCC)CC1.I. The van der Waals surface area contributed by atoms with Crippen molar-refractivity contribution in [2.24, 2.45) is 16.8 Å². The van der Waals surface area contributed by atoms with Gasteiger partial charge in [0.05, 0.1) is 19.1 Å². The van der Waals surface area contributed by atoms with Gasteiger partial charge in [-0.05, 0) is 50.8 Å². The van der Waals surface area contributed by atoms with Crippen LogP contribution < -0.4 is 10.6 Å². The molecule has 2 rings (SSSR count). The van der Waals surface area contributed by atoms with Crippen molar-refractivity contribution in [2.75, 3.05) is 31.6 Å². The second kappa shape index (κ2) is 14.3. The first kappa shape index (κ1) is 27.2. The number of halogens is 1. The number of nitrogens with one attached hydrogen (secondary N) is 2. The lowest BCUT2D eigenvalue weighted by Crippen LogP contribution is -2.46. The lowest BCUT2D eigenvalue weighted by Gasteiger charge is -2.33. The Hall–Kier alpha value is -1.84. The van der Waals surface area contributed by atoms with E-state index in [0.29, 0.717) is 13.2 Å². The van der Waals surface area contributed by atoms with Gasteiger partial charge in [-0.15, -0.1) is 24.0 Å². The summed E-state index contributed by atoms with van der Waals surface area (Å²) in [5.74, 6) is 0.777. The normalized spacial score (nSPS) is 15.6. The minimum absolute atomic E-state index is 0. The van der Waals surface area contributed by atoms with Gasteiger partial charge < -0.3 is 20.3 Å². The number of benzene rings is 1. The van der Waals surface area contributed by atoms with Crippen LogP contribution in [0.3, 0.4) is 0 Å². The quantitative estimate of drug-likeness (QED) is 0.224. The van der Waals surface area contributed by atoms with Crippen LogP contribution in [-0.2, 0) is 20.9 Å². The van der Waals surface area contributed by atoms with Gasteiger partial charge in [-0.3, -0.25) is 9.59 Å². The summed E-state index contributed by atoms with van der Waals surface area (Å²) in [4.78, 5) is 31.1. The van der Waals surface area contributed by atoms with E-state index in [1.165, 1.54) is 0 Å². The molecule has 1 heterocycles. The fourth-order valence-electron chi connectivity index (χ4n) is 3.38. The molecule has 0 spiro atoms. The monoisotopic (exact) mass is 544 g/mol. The van der Waals surface area contributed by atoms with Crippen LogP contribution in [0.5, 0.6) is 0 Å². The van der Waals surface area contributed by atoms with E-state index in [2.05, 4.69) is 15.5 Å². The molecule has 1 aliphatic heterocycles. The average Bonchev–Trinajstić information content (AvgIpc) is 2.76. The Bertz CT molecular complexity index is 733. The van der Waals surface area contributed by atoms with E-state index in [0.717, 1.165) is 56.1 Å². The van der Waals surface area contributed by atoms with Crippen LogP contribution in [0.2, 0.25) is 0 Å². The summed E-state index contributed by atoms with van der Waals surface area (Å²) in [6.45, 7) is 11.1. The Morgan fingerprint density at radius 1 is 1.23 bits per heavy atom. The molecule has 0 bridgehead atoms. The molecular weight excluding hydrogens is 507 g/mol. The Kier molecular flexibility index (Phi) is 12.5. The number of likely N-dealkylation sites (tertiary alicyclic amines) is 1. The van der Waals surface area contributed by atoms with E-state index in [1.807, 2.05) is 52.0 Å². The van der Waals surface area contributed by atoms with Crippen molar-refractivity contribution < 1.29 is 14.3 Å². The molecule has 1 saturated heterocycles. The van der Waals surface area contributed by atoms with Gasteiger partial charge in [0.25, 0.3) is 0 Å². The summed E-state index contributed by atoms with van der Waals surface area (Å²) < 4.78 is 5.16. The molecule has 1 aliphatic rings. The maximum Gasteiger partial charge on any atom is 0.309 e. The minimum atomic E-state index is -0.0876. The van der Waals surface area contributed by atoms with Crippen LogP contribution in [0, 0.1) is 11.8 Å². The highest BCUT2D eigenvalue weighted by Crippen LogP contribution is 2.19. The Morgan fingerprint density at radius 3 is 2.55 bits per heavy atom. The number of hydrogen-bond acceptors (Lipinski definition) is 4. The summed E-state index contributed by atoms with van der Waals surface area (Å²) in [6.07, 6.45) is 2.37. The molecule has 1 unspecified atom stereocenters. The lowest BCUT2D eigenvalue weighted by atomic mass is 9.97. The van der Waals surface area contributed by atoms with Crippen LogP contribution in [0.1, 0.15) is 52.5 Å². The first-order chi connectivity index (χ1) is 14.5. The fourth-order valence-corrected chi connectivity index (χ4v) is 3.38. The molecule has 0 saturated carbocycles. The number of carbonyl (C=O) groups is 2. The van der Waals surface area contributed by atoms with Crippen LogP contribution >= 0.6 is 24.0 Å². The van der Waals surface area contributed by atoms with Crippen LogP contribution in [0.4, 0.5) is 5.69 Å². The number of ether oxygens (including phenoxy) is 1. The van der Waals surface area contributed by atoms with Crippen molar-refractivity contribution in [3.8, 4) is 0 Å². The number of anilines is 1. The molecule has 2 N–H and O–H groups in total. The topological polar surface area (TPSA) is 83.0 Å². The summed E-state index contributed by atoms with van der Waals surface area (Å²) in [6, 6.07) is 7.83. The number of piperidine rings is 1. The van der Waals surface area contributed by atoms with Crippen LogP contribution in [0.25, 0.3) is 0 Å². The van der Waals surface area contributed by atoms with E-state index in [-0.39, 0.29) is 47.7 Å². The lowest BCUT2D eigenvalue weighted by molar-refractivity contribution is -0.149. The number of rotatable bonds is 8. The fraction of sp³-hybridized carbons (Fsp3) is 0.609. The first-order valence-electron chi connectivity index (χ1n) is 11.1. The molecule has 0 radical (unpaired) electrons. The van der Waals surface area contributed by atoms with E-state index >= 15 is 0 Å². The molecule has 0 aliphatic carbocycles. The Balaban J connectivity index is 0.00000480. The van der Waals surface area contributed by atoms with Gasteiger partial charge in [-0.2, -0.15) is 0 Å². The van der Waals surface area contributed by atoms with Crippen molar-refractivity contribution in [2.45, 2.75) is 53.5 Å². The Morgan fingerprint density at radius 2 is 1.94 bits per heavy atom. The van der Waals surface area contributed by atoms with E-state index in [9.17, 15) is 9.59 Å². The molecule has 1 aromatic carbocycles. The Labute approximate surface area is 203 Å². The van der Waals surface area contributed by atoms with Gasteiger partial charge in [-0.1, -0.05) is 26.0 Å². The summed E-state index contributed by atoms with van der Waals surface area (Å²) >= 11 is 0. The van der Waals surface area contributed by atoms with Gasteiger partial charge in [0, 0.05) is 31.2 Å². The number of nitrogens with zero attached hydrogens (tertiary/aromatic N) is 2. The molecule has 1 atom stereocenters. The number of amides is 1. The summed E-state index contributed by atoms with van der Waals surface area (Å²) in [7, 11) is 0. The molecule has 1 fully saturated rings. The highest BCUT2D eigenvalue weighted by molar-refractivity contribution is 14.0. The second-order valence-corrected chi connectivity index (χ2v) is 7.68. The molecule has 174 valence electrons. The smallest absolute Gasteiger partial charge is 0.309 e. The molecular formula is C23H37IN4O3. The average molecular weight is 544 g/mol. The van der Waals surface area contributed by atoms with Gasteiger partial charge in [0.15, 0.2) is 5.96 Å². The van der Waals surface area contributed by atoms with Crippen molar-refractivity contribution in [3.05, 3.63) is 29.8 Å². The molecule has 7 nitrogen and oxygen atoms in total. The largest absolute Gasteiger partial charge is 0.466 e. The number of carbonyl (C=O) groups excluding carboxylic acids is 2. The van der Waals surface area contributed by atoms with Gasteiger partial charge >= 0.3 is 5.97 Å². The predicted molar refractivity (Wildman–Crippen MR) is 136 cm³/mol. The van der Waals surface area contributed by atoms with E-state index in [4.69, 9.17) is 9.73 Å². The minimum Gasteiger partial charge on any atom is -0.466 e. The standard InChI is InChI=1S/C23H36N4O3.HI/c1-5-17(4)21(28)26-20-10-8-9-18(15-20)16-25-23(24-6-2)27-13-11-19(12-14-27)22(29)30-7-3;/h8-10,15,17,19H,5-7,11-14,16H2,1-4H3,(H,24,25)(H,26,28);1H. The maximum absolute atomic E-state index is 12.1. The third kappa shape index (κ3) is 8.66. The van der Waals surface area contributed by atoms with Gasteiger partial charge in [0.1, 0.15) is 0 Å². The van der Waals surface area contributed by atoms with Crippen LogP contribution in [-0.4, -0.2) is 49.0 Å². The molecule has 1 aromatic rings. The van der Waals surface area contributed by atoms with Crippen molar-refractivity contribution >= 4 is 47.5 Å². The molecule has 1 amide bonds. The first-order valence-corrected chi connectivity index (χ1v) is 11.1. The molecule has 8 heteroatoms. The predicted octanol–water partition coefficient (Wildman–Crippen LogP) is 4.03. The second-order valence-electron chi connectivity index (χ2n) is 7.68. The number of esters is 1. The number of aliphatic imine (C=N–C) groups is 1. The third-order valence-corrected chi connectivity index (χ3v) is 5.42. The van der Waals surface area contributed by atoms with E-state index < -0.39 is 0 Å². The summed E-state index contributed by atoms with van der Waals surface area (Å²) in [5, 5.41) is 6.33. The van der Waals surface area contributed by atoms with Gasteiger partial charge in [0.2, 0.25) is 5.91 Å². The summed E-state index contributed by atoms with van der Waals surface area (Å²) in [5.41, 5.74) is 1.84. The zero-order chi connectivity index (χ0) is 21.9. The third-order valence-electron chi connectivity index (χ3n) is 5.42. The van der Waals surface area contributed by atoms with Gasteiger partial charge in [-0.25, -0.2) is 4.99 Å². The molecule has 0 aromatic heterocycles. The van der Waals surface area contributed by atoms with Crippen molar-refractivity contribution in [1.82, 2.24) is 10.2 Å². The zero-order valence-corrected chi connectivity index (χ0v) is 21.5. The number of hydrogen-bond donors (Lipinski definition) is 2. The van der Waals surface area contributed by atoms with E-state index in [1.54, 1.807) is 0 Å². The maximum atomic E-state index is 12.1. The molecule has 31 heavy (non-hydrogen) atoms. The highest BCUT2D eigenvalue weighted by atomic mass is 127. The highest BCUT2D eigenvalue weighted by Gasteiger charge is 2.27.